The van der Waals surface area contributed by atoms with Crippen molar-refractivity contribution in [2.75, 3.05) is 13.1 Å². The Kier molecular flexibility index (Phi) is 2.06. The first-order valence-electron chi connectivity index (χ1n) is 5.79. The molecule has 4 nitrogen and oxygen atoms in total. The Morgan fingerprint density at radius 3 is 2.33 bits per heavy atom. The fourth-order valence-electron chi connectivity index (χ4n) is 3.55. The normalized spacial score (nSPS) is 40.9. The molecular formula is C11H16N2O2. The van der Waals surface area contributed by atoms with Gasteiger partial charge in [0.2, 0.25) is 11.8 Å². The number of carbonyl (C=O) groups excluding carboxylic acids is 2. The predicted molar refractivity (Wildman–Crippen MR) is 54.0 cm³/mol. The molecule has 15 heavy (non-hydrogen) atoms. The van der Waals surface area contributed by atoms with Gasteiger partial charge in [0.05, 0.1) is 13.1 Å². The average Bonchev–Trinajstić information content (AvgIpc) is 2.76. The zero-order valence-corrected chi connectivity index (χ0v) is 8.74. The molecule has 1 saturated heterocycles. The Labute approximate surface area is 89.0 Å². The minimum absolute atomic E-state index is 0.131. The topological polar surface area (TPSA) is 49.4 Å². The van der Waals surface area contributed by atoms with E-state index in [4.69, 9.17) is 0 Å². The van der Waals surface area contributed by atoms with E-state index in [0.29, 0.717) is 19.1 Å². The number of carbonyl (C=O) groups is 2. The molecule has 4 heteroatoms. The van der Waals surface area contributed by atoms with Gasteiger partial charge < -0.3 is 0 Å². The van der Waals surface area contributed by atoms with Crippen molar-refractivity contribution in [2.24, 2.45) is 11.8 Å². The summed E-state index contributed by atoms with van der Waals surface area (Å²) < 4.78 is 0. The van der Waals surface area contributed by atoms with Crippen molar-refractivity contribution in [2.45, 2.75) is 31.7 Å². The smallest absolute Gasteiger partial charge is 0.240 e. The summed E-state index contributed by atoms with van der Waals surface area (Å²) in [4.78, 5) is 24.6. The second kappa shape index (κ2) is 3.30. The third kappa shape index (κ3) is 1.57. The molecule has 0 spiro atoms. The van der Waals surface area contributed by atoms with Gasteiger partial charge in [-0.3, -0.25) is 19.8 Å². The van der Waals surface area contributed by atoms with Crippen LogP contribution in [-0.4, -0.2) is 35.8 Å². The quantitative estimate of drug-likeness (QED) is 0.623. The molecule has 0 radical (unpaired) electrons. The van der Waals surface area contributed by atoms with Gasteiger partial charge in [0.1, 0.15) is 0 Å². The van der Waals surface area contributed by atoms with Gasteiger partial charge in [-0.2, -0.15) is 0 Å². The summed E-state index contributed by atoms with van der Waals surface area (Å²) in [6.45, 7) is 0.833. The first-order valence-corrected chi connectivity index (χ1v) is 5.79. The molecule has 3 atom stereocenters. The summed E-state index contributed by atoms with van der Waals surface area (Å²) in [6.07, 6.45) is 5.17. The molecule has 2 saturated carbocycles. The van der Waals surface area contributed by atoms with E-state index < -0.39 is 0 Å². The number of rotatable bonds is 1. The van der Waals surface area contributed by atoms with Crippen LogP contribution in [-0.2, 0) is 9.59 Å². The molecule has 3 fully saturated rings. The standard InChI is InChI=1S/C11H16N2O2/c14-10-5-13(6-11(15)12-10)9-4-7-1-2-8(9)3-7/h7-9H,1-6H2,(H,12,14,15). The number of hydrogen-bond donors (Lipinski definition) is 1. The predicted octanol–water partition coefficient (Wildman–Crippen LogP) is 0.133. The summed E-state index contributed by atoms with van der Waals surface area (Å²) in [7, 11) is 0. The van der Waals surface area contributed by atoms with Crippen molar-refractivity contribution >= 4 is 11.8 Å². The Morgan fingerprint density at radius 1 is 1.07 bits per heavy atom. The van der Waals surface area contributed by atoms with Crippen LogP contribution in [0.5, 0.6) is 0 Å². The fourth-order valence-corrected chi connectivity index (χ4v) is 3.55. The van der Waals surface area contributed by atoms with Crippen molar-refractivity contribution in [3.63, 3.8) is 0 Å². The summed E-state index contributed by atoms with van der Waals surface area (Å²) in [6, 6.07) is 0.499. The number of piperazine rings is 1. The first kappa shape index (κ1) is 9.33. The number of nitrogens with zero attached hydrogens (tertiary/aromatic N) is 1. The number of amides is 2. The van der Waals surface area contributed by atoms with Crippen LogP contribution in [0.4, 0.5) is 0 Å². The highest BCUT2D eigenvalue weighted by Crippen LogP contribution is 2.46. The van der Waals surface area contributed by atoms with Crippen molar-refractivity contribution in [3.05, 3.63) is 0 Å². The summed E-state index contributed by atoms with van der Waals surface area (Å²) >= 11 is 0. The van der Waals surface area contributed by atoms with Crippen LogP contribution in [0.25, 0.3) is 0 Å². The number of nitrogens with one attached hydrogen (secondary N) is 1. The number of fused-ring (bicyclic) bond motifs is 2. The molecule has 1 N–H and O–H groups in total. The molecule has 2 aliphatic carbocycles. The van der Waals surface area contributed by atoms with E-state index in [1.165, 1.54) is 25.7 Å². The SMILES string of the molecule is O=C1CN(C2CC3CCC2C3)CC(=O)N1. The number of imide groups is 1. The maximum atomic E-state index is 11.3. The summed E-state index contributed by atoms with van der Waals surface area (Å²) in [5, 5.41) is 2.36. The highest BCUT2D eigenvalue weighted by molar-refractivity contribution is 5.99. The summed E-state index contributed by atoms with van der Waals surface area (Å²) in [5.74, 6) is 1.34. The molecule has 0 aromatic heterocycles. The molecular weight excluding hydrogens is 192 g/mol. The van der Waals surface area contributed by atoms with Gasteiger partial charge in [-0.1, -0.05) is 6.42 Å². The molecule has 3 unspecified atom stereocenters. The summed E-state index contributed by atoms with van der Waals surface area (Å²) in [5.41, 5.74) is 0. The van der Waals surface area contributed by atoms with Crippen LogP contribution in [0.3, 0.4) is 0 Å². The Bertz CT molecular complexity index is 300. The molecule has 3 aliphatic rings. The molecule has 0 aromatic carbocycles. The first-order chi connectivity index (χ1) is 7.22. The van der Waals surface area contributed by atoms with Gasteiger partial charge in [-0.15, -0.1) is 0 Å². The Hall–Kier alpha value is -0.900. The lowest BCUT2D eigenvalue weighted by Crippen LogP contribution is -2.55. The maximum absolute atomic E-state index is 11.3. The van der Waals surface area contributed by atoms with Gasteiger partial charge >= 0.3 is 0 Å². The van der Waals surface area contributed by atoms with Gasteiger partial charge in [-0.25, -0.2) is 0 Å². The third-order valence-corrected chi connectivity index (χ3v) is 4.14. The zero-order chi connectivity index (χ0) is 10.4. The van der Waals surface area contributed by atoms with Crippen LogP contribution < -0.4 is 5.32 Å². The van der Waals surface area contributed by atoms with Crippen LogP contribution >= 0.6 is 0 Å². The van der Waals surface area contributed by atoms with Gasteiger partial charge in [0, 0.05) is 6.04 Å². The van der Waals surface area contributed by atoms with Crippen molar-refractivity contribution in [3.8, 4) is 0 Å². The second-order valence-corrected chi connectivity index (χ2v) is 5.12. The third-order valence-electron chi connectivity index (χ3n) is 4.14. The lowest BCUT2D eigenvalue weighted by atomic mass is 9.93. The molecule has 0 aromatic rings. The van der Waals surface area contributed by atoms with E-state index in [0.717, 1.165) is 11.8 Å². The van der Waals surface area contributed by atoms with Crippen molar-refractivity contribution < 1.29 is 9.59 Å². The molecule has 2 amide bonds. The fraction of sp³-hybridized carbons (Fsp3) is 0.818. The van der Waals surface area contributed by atoms with E-state index in [2.05, 4.69) is 10.2 Å². The van der Waals surface area contributed by atoms with Crippen LogP contribution in [0.1, 0.15) is 25.7 Å². The lowest BCUT2D eigenvalue weighted by Gasteiger charge is -2.35. The van der Waals surface area contributed by atoms with Crippen LogP contribution in [0, 0.1) is 11.8 Å². The molecule has 3 rings (SSSR count). The monoisotopic (exact) mass is 208 g/mol. The minimum atomic E-state index is -0.131. The Balaban J connectivity index is 1.71. The largest absolute Gasteiger partial charge is 0.294 e. The molecule has 1 heterocycles. The van der Waals surface area contributed by atoms with E-state index in [9.17, 15) is 9.59 Å². The minimum Gasteiger partial charge on any atom is -0.294 e. The van der Waals surface area contributed by atoms with Crippen molar-refractivity contribution in [1.29, 1.82) is 0 Å². The van der Waals surface area contributed by atoms with Gasteiger partial charge in [-0.05, 0) is 31.1 Å². The molecule has 2 bridgehead atoms. The van der Waals surface area contributed by atoms with Crippen molar-refractivity contribution in [1.82, 2.24) is 10.2 Å². The van der Waals surface area contributed by atoms with E-state index in [1.54, 1.807) is 0 Å². The van der Waals surface area contributed by atoms with E-state index in [-0.39, 0.29) is 11.8 Å². The van der Waals surface area contributed by atoms with Crippen LogP contribution in [0.15, 0.2) is 0 Å². The van der Waals surface area contributed by atoms with Gasteiger partial charge in [0.15, 0.2) is 0 Å². The average molecular weight is 208 g/mol. The second-order valence-electron chi connectivity index (χ2n) is 5.12. The Morgan fingerprint density at radius 2 is 1.80 bits per heavy atom. The zero-order valence-electron chi connectivity index (χ0n) is 8.74. The molecule has 82 valence electrons. The van der Waals surface area contributed by atoms with E-state index in [1.807, 2.05) is 0 Å². The van der Waals surface area contributed by atoms with Gasteiger partial charge in [0.25, 0.3) is 0 Å². The lowest BCUT2D eigenvalue weighted by molar-refractivity contribution is -0.137. The number of hydrogen-bond acceptors (Lipinski definition) is 3. The van der Waals surface area contributed by atoms with E-state index >= 15 is 0 Å². The molecule has 1 aliphatic heterocycles. The maximum Gasteiger partial charge on any atom is 0.240 e. The van der Waals surface area contributed by atoms with Crippen LogP contribution in [0.2, 0.25) is 0 Å². The highest BCUT2D eigenvalue weighted by atomic mass is 16.2. The highest BCUT2D eigenvalue weighted by Gasteiger charge is 2.43.